The predicted octanol–water partition coefficient (Wildman–Crippen LogP) is 0.387. The molecule has 0 aliphatic carbocycles. The number of carbonyl (C=O) groups is 1. The number of sulfonamides is 1. The topological polar surface area (TPSA) is 72.3 Å². The van der Waals surface area contributed by atoms with Crippen LogP contribution in [0.4, 0.5) is 0 Å². The van der Waals surface area contributed by atoms with Gasteiger partial charge in [0, 0.05) is 13.1 Å². The standard InChI is InChI=1S/C10H15N3O3S/c1-3-12-9(7-8(2)11-12)10(14)13-5-4-6-17(13,15)16/h7H,3-6H2,1-2H3. The quantitative estimate of drug-likeness (QED) is 0.768. The predicted molar refractivity (Wildman–Crippen MR) is 62.1 cm³/mol. The third-order valence-electron chi connectivity index (χ3n) is 2.75. The molecule has 0 unspecified atom stereocenters. The molecule has 94 valence electrons. The molecular weight excluding hydrogens is 242 g/mol. The van der Waals surface area contributed by atoms with Crippen molar-refractivity contribution < 1.29 is 13.2 Å². The average Bonchev–Trinajstić information content (AvgIpc) is 2.80. The van der Waals surface area contributed by atoms with Gasteiger partial charge in [-0.2, -0.15) is 5.10 Å². The van der Waals surface area contributed by atoms with Gasteiger partial charge < -0.3 is 0 Å². The van der Waals surface area contributed by atoms with Crippen LogP contribution in [0.25, 0.3) is 0 Å². The summed E-state index contributed by atoms with van der Waals surface area (Å²) in [6.07, 6.45) is 0.507. The monoisotopic (exact) mass is 257 g/mol. The molecule has 7 heteroatoms. The molecule has 2 rings (SSSR count). The average molecular weight is 257 g/mol. The maximum atomic E-state index is 12.1. The second kappa shape index (κ2) is 4.14. The van der Waals surface area contributed by atoms with Gasteiger partial charge in [-0.05, 0) is 26.3 Å². The van der Waals surface area contributed by atoms with Crippen LogP contribution in [0.1, 0.15) is 29.5 Å². The lowest BCUT2D eigenvalue weighted by Crippen LogP contribution is -2.34. The van der Waals surface area contributed by atoms with E-state index in [-0.39, 0.29) is 12.3 Å². The molecule has 0 atom stereocenters. The minimum atomic E-state index is -3.41. The first kappa shape index (κ1) is 12.1. The van der Waals surface area contributed by atoms with E-state index < -0.39 is 15.9 Å². The van der Waals surface area contributed by atoms with Crippen LogP contribution in [0.3, 0.4) is 0 Å². The fraction of sp³-hybridized carbons (Fsp3) is 0.600. The number of rotatable bonds is 2. The van der Waals surface area contributed by atoms with Crippen molar-refractivity contribution in [3.05, 3.63) is 17.5 Å². The zero-order valence-electron chi connectivity index (χ0n) is 9.88. The largest absolute Gasteiger partial charge is 0.285 e. The summed E-state index contributed by atoms with van der Waals surface area (Å²) in [5, 5.41) is 4.14. The molecule has 1 amide bonds. The second-order valence-corrected chi connectivity index (χ2v) is 6.05. The van der Waals surface area contributed by atoms with Gasteiger partial charge in [0.15, 0.2) is 0 Å². The zero-order valence-corrected chi connectivity index (χ0v) is 10.7. The van der Waals surface area contributed by atoms with E-state index in [1.807, 2.05) is 6.92 Å². The van der Waals surface area contributed by atoms with E-state index in [2.05, 4.69) is 5.10 Å². The third-order valence-corrected chi connectivity index (χ3v) is 4.57. The Morgan fingerprint density at radius 2 is 2.24 bits per heavy atom. The fourth-order valence-corrected chi connectivity index (χ4v) is 3.42. The molecule has 0 bridgehead atoms. The van der Waals surface area contributed by atoms with Gasteiger partial charge in [-0.25, -0.2) is 12.7 Å². The van der Waals surface area contributed by atoms with Crippen LogP contribution in [0.2, 0.25) is 0 Å². The summed E-state index contributed by atoms with van der Waals surface area (Å²) in [5.74, 6) is -0.414. The van der Waals surface area contributed by atoms with E-state index in [4.69, 9.17) is 0 Å². The van der Waals surface area contributed by atoms with Crippen molar-refractivity contribution in [1.29, 1.82) is 0 Å². The van der Waals surface area contributed by atoms with E-state index in [9.17, 15) is 13.2 Å². The van der Waals surface area contributed by atoms with Crippen molar-refractivity contribution >= 4 is 15.9 Å². The lowest BCUT2D eigenvalue weighted by atomic mass is 10.3. The Hall–Kier alpha value is -1.37. The van der Waals surface area contributed by atoms with Crippen molar-refractivity contribution in [1.82, 2.24) is 14.1 Å². The molecule has 6 nitrogen and oxygen atoms in total. The van der Waals surface area contributed by atoms with E-state index in [1.54, 1.807) is 13.0 Å². The van der Waals surface area contributed by atoms with E-state index >= 15 is 0 Å². The Bertz CT molecular complexity index is 547. The maximum absolute atomic E-state index is 12.1. The Kier molecular flexibility index (Phi) is 2.94. The minimum Gasteiger partial charge on any atom is -0.266 e. The highest BCUT2D eigenvalue weighted by Gasteiger charge is 2.34. The van der Waals surface area contributed by atoms with Crippen LogP contribution < -0.4 is 0 Å². The number of carbonyl (C=O) groups excluding carboxylic acids is 1. The molecule has 1 aliphatic heterocycles. The van der Waals surface area contributed by atoms with Crippen LogP contribution in [0, 0.1) is 6.92 Å². The van der Waals surface area contributed by atoms with Gasteiger partial charge in [0.1, 0.15) is 5.69 Å². The number of aryl methyl sites for hydroxylation is 2. The number of aromatic nitrogens is 2. The van der Waals surface area contributed by atoms with Crippen LogP contribution in [-0.2, 0) is 16.6 Å². The molecule has 1 aliphatic rings. The van der Waals surface area contributed by atoms with E-state index in [1.165, 1.54) is 4.68 Å². The Balaban J connectivity index is 2.37. The van der Waals surface area contributed by atoms with Crippen LogP contribution in [0.5, 0.6) is 0 Å². The fourth-order valence-electron chi connectivity index (χ4n) is 1.95. The first-order valence-electron chi connectivity index (χ1n) is 5.55. The smallest absolute Gasteiger partial charge is 0.266 e. The molecule has 1 aromatic heterocycles. The number of hydrogen-bond donors (Lipinski definition) is 0. The summed E-state index contributed by atoms with van der Waals surface area (Å²) in [6.45, 7) is 4.46. The van der Waals surface area contributed by atoms with Crippen LogP contribution in [0.15, 0.2) is 6.07 Å². The Labute approximate surface area is 100 Å². The molecule has 1 aromatic rings. The minimum absolute atomic E-state index is 0.0536. The first-order valence-corrected chi connectivity index (χ1v) is 7.16. The summed E-state index contributed by atoms with van der Waals surface area (Å²) >= 11 is 0. The molecule has 0 N–H and O–H groups in total. The highest BCUT2D eigenvalue weighted by atomic mass is 32.2. The number of amides is 1. The van der Waals surface area contributed by atoms with Gasteiger partial charge >= 0.3 is 0 Å². The summed E-state index contributed by atoms with van der Waals surface area (Å²) in [6, 6.07) is 1.62. The van der Waals surface area contributed by atoms with Crippen LogP contribution >= 0.6 is 0 Å². The molecule has 2 heterocycles. The van der Waals surface area contributed by atoms with Gasteiger partial charge in [0.2, 0.25) is 10.0 Å². The molecule has 1 saturated heterocycles. The van der Waals surface area contributed by atoms with Gasteiger partial charge in [-0.15, -0.1) is 0 Å². The van der Waals surface area contributed by atoms with Crippen molar-refractivity contribution in [2.75, 3.05) is 12.3 Å². The van der Waals surface area contributed by atoms with Crippen molar-refractivity contribution in [2.24, 2.45) is 0 Å². The molecule has 0 aromatic carbocycles. The van der Waals surface area contributed by atoms with Gasteiger partial charge in [-0.3, -0.25) is 9.48 Å². The van der Waals surface area contributed by atoms with Crippen molar-refractivity contribution in [3.63, 3.8) is 0 Å². The Morgan fingerprint density at radius 1 is 1.53 bits per heavy atom. The molecule has 0 saturated carbocycles. The van der Waals surface area contributed by atoms with Gasteiger partial charge in [-0.1, -0.05) is 0 Å². The first-order chi connectivity index (χ1) is 7.95. The molecule has 17 heavy (non-hydrogen) atoms. The van der Waals surface area contributed by atoms with Crippen LogP contribution in [-0.4, -0.2) is 40.7 Å². The Morgan fingerprint density at radius 3 is 2.76 bits per heavy atom. The van der Waals surface area contributed by atoms with E-state index in [0.29, 0.717) is 24.4 Å². The zero-order chi connectivity index (χ0) is 12.6. The summed E-state index contributed by atoms with van der Waals surface area (Å²) < 4.78 is 25.8. The highest BCUT2D eigenvalue weighted by molar-refractivity contribution is 7.89. The van der Waals surface area contributed by atoms with E-state index in [0.717, 1.165) is 4.31 Å². The lowest BCUT2D eigenvalue weighted by Gasteiger charge is -2.14. The summed E-state index contributed by atoms with van der Waals surface area (Å²) in [5.41, 5.74) is 1.06. The number of hydrogen-bond acceptors (Lipinski definition) is 4. The number of nitrogens with zero attached hydrogens (tertiary/aromatic N) is 3. The summed E-state index contributed by atoms with van der Waals surface area (Å²) in [4.78, 5) is 12.1. The lowest BCUT2D eigenvalue weighted by molar-refractivity contribution is 0.0858. The second-order valence-electron chi connectivity index (χ2n) is 4.03. The maximum Gasteiger partial charge on any atom is 0.285 e. The van der Waals surface area contributed by atoms with Gasteiger partial charge in [0.05, 0.1) is 11.4 Å². The molecule has 0 radical (unpaired) electrons. The molecule has 1 fully saturated rings. The van der Waals surface area contributed by atoms with Crippen molar-refractivity contribution in [2.45, 2.75) is 26.8 Å². The third kappa shape index (κ3) is 2.06. The van der Waals surface area contributed by atoms with Crippen molar-refractivity contribution in [3.8, 4) is 0 Å². The molecule has 0 spiro atoms. The highest BCUT2D eigenvalue weighted by Crippen LogP contribution is 2.18. The van der Waals surface area contributed by atoms with Gasteiger partial charge in [0.25, 0.3) is 5.91 Å². The SMILES string of the molecule is CCn1nc(C)cc1C(=O)N1CCCS1(=O)=O. The molecular formula is C10H15N3O3S. The normalized spacial score (nSPS) is 18.6. The summed E-state index contributed by atoms with van der Waals surface area (Å²) in [7, 11) is -3.41.